The summed E-state index contributed by atoms with van der Waals surface area (Å²) >= 11 is 0. The van der Waals surface area contributed by atoms with Crippen LogP contribution in [0.2, 0.25) is 0 Å². The maximum Gasteiger partial charge on any atom is 0.138 e. The second kappa shape index (κ2) is 2.56. The number of quaternary nitrogens is 1. The van der Waals surface area contributed by atoms with Gasteiger partial charge in [-0.3, -0.25) is 4.79 Å². The lowest BCUT2D eigenvalue weighted by Gasteiger charge is -2.35. The third kappa shape index (κ3) is 1.18. The van der Waals surface area contributed by atoms with Crippen molar-refractivity contribution in [1.29, 1.82) is 0 Å². The summed E-state index contributed by atoms with van der Waals surface area (Å²) in [5.41, 5.74) is 0. The minimum absolute atomic E-state index is 0.490. The Labute approximate surface area is 74.1 Å². The van der Waals surface area contributed by atoms with Gasteiger partial charge in [0.1, 0.15) is 5.78 Å². The lowest BCUT2D eigenvalue weighted by molar-refractivity contribution is -0.903. The van der Waals surface area contributed by atoms with Crippen molar-refractivity contribution in [3.05, 3.63) is 0 Å². The van der Waals surface area contributed by atoms with E-state index in [0.717, 1.165) is 29.7 Å². The van der Waals surface area contributed by atoms with Gasteiger partial charge in [0.15, 0.2) is 0 Å². The maximum absolute atomic E-state index is 11.3. The summed E-state index contributed by atoms with van der Waals surface area (Å²) in [6, 6.07) is 0.645. The molecule has 0 amide bonds. The van der Waals surface area contributed by atoms with Crippen molar-refractivity contribution in [3.63, 3.8) is 0 Å². The first-order valence-corrected chi connectivity index (χ1v) is 4.94. The van der Waals surface area contributed by atoms with E-state index < -0.39 is 0 Å². The highest BCUT2D eigenvalue weighted by Gasteiger charge is 2.45. The van der Waals surface area contributed by atoms with Crippen LogP contribution in [0.15, 0.2) is 0 Å². The molecule has 1 saturated heterocycles. The van der Waals surface area contributed by atoms with Gasteiger partial charge in [0, 0.05) is 18.8 Å². The molecular weight excluding hydrogens is 150 g/mol. The molecule has 12 heavy (non-hydrogen) atoms. The van der Waals surface area contributed by atoms with Gasteiger partial charge in [-0.2, -0.15) is 0 Å². The first kappa shape index (κ1) is 8.24. The normalized spacial score (nSPS) is 39.7. The Hall–Kier alpha value is -0.370. The molecule has 2 atom stereocenters. The monoisotopic (exact) mass is 168 g/mol. The summed E-state index contributed by atoms with van der Waals surface area (Å²) in [5, 5.41) is 0. The Balaban J connectivity index is 2.15. The highest BCUT2D eigenvalue weighted by Crippen LogP contribution is 2.37. The lowest BCUT2D eigenvalue weighted by atomic mass is 9.84. The van der Waals surface area contributed by atoms with E-state index in [1.54, 1.807) is 0 Å². The fourth-order valence-corrected chi connectivity index (χ4v) is 2.86. The van der Waals surface area contributed by atoms with Crippen molar-refractivity contribution in [3.8, 4) is 0 Å². The van der Waals surface area contributed by atoms with Gasteiger partial charge in [-0.1, -0.05) is 0 Å². The third-order valence-corrected chi connectivity index (χ3v) is 3.75. The molecule has 2 fully saturated rings. The number of likely N-dealkylation sites (tertiary alicyclic amines) is 1. The minimum Gasteiger partial charge on any atom is -0.325 e. The third-order valence-electron chi connectivity index (χ3n) is 3.75. The number of rotatable bonds is 0. The molecule has 0 aromatic heterocycles. The van der Waals surface area contributed by atoms with Crippen LogP contribution in [0.5, 0.6) is 0 Å². The largest absolute Gasteiger partial charge is 0.325 e. The molecule has 1 aliphatic heterocycles. The summed E-state index contributed by atoms with van der Waals surface area (Å²) in [5.74, 6) is 1.34. The van der Waals surface area contributed by atoms with Crippen LogP contribution in [0.25, 0.3) is 0 Å². The predicted molar refractivity (Wildman–Crippen MR) is 47.7 cm³/mol. The molecule has 68 valence electrons. The number of fused-ring (bicyclic) bond motifs is 1. The highest BCUT2D eigenvalue weighted by atomic mass is 16.1. The van der Waals surface area contributed by atoms with Gasteiger partial charge in [-0.15, -0.1) is 0 Å². The molecule has 0 aromatic rings. The van der Waals surface area contributed by atoms with Crippen LogP contribution in [0, 0.1) is 5.92 Å². The van der Waals surface area contributed by atoms with Crippen molar-refractivity contribution in [2.45, 2.75) is 31.7 Å². The van der Waals surface area contributed by atoms with Crippen LogP contribution in [-0.4, -0.2) is 36.9 Å². The Kier molecular flexibility index (Phi) is 1.76. The lowest BCUT2D eigenvalue weighted by Crippen LogP contribution is -2.48. The fourth-order valence-electron chi connectivity index (χ4n) is 2.86. The number of ketones is 1. The summed E-state index contributed by atoms with van der Waals surface area (Å²) in [6.07, 6.45) is 4.19. The molecule has 2 nitrogen and oxygen atoms in total. The zero-order valence-electron chi connectivity index (χ0n) is 8.05. The van der Waals surface area contributed by atoms with Crippen LogP contribution in [0.3, 0.4) is 0 Å². The van der Waals surface area contributed by atoms with Gasteiger partial charge >= 0.3 is 0 Å². The van der Waals surface area contributed by atoms with Gasteiger partial charge in [-0.05, 0) is 6.42 Å². The molecule has 0 N–H and O–H groups in total. The zero-order chi connectivity index (χ0) is 8.77. The summed E-state index contributed by atoms with van der Waals surface area (Å²) in [6.45, 7) is 1.27. The molecule has 1 heterocycles. The van der Waals surface area contributed by atoms with Gasteiger partial charge in [0.25, 0.3) is 0 Å². The van der Waals surface area contributed by atoms with Crippen LogP contribution < -0.4 is 0 Å². The SMILES string of the molecule is C[N+]1(C)CCC2CCC(=O)CC21. The van der Waals surface area contributed by atoms with E-state index in [0.29, 0.717) is 11.8 Å². The van der Waals surface area contributed by atoms with E-state index in [1.807, 2.05) is 0 Å². The second-order valence-corrected chi connectivity index (χ2v) is 4.90. The number of hydrogen-bond acceptors (Lipinski definition) is 1. The average molecular weight is 168 g/mol. The van der Waals surface area contributed by atoms with Crippen molar-refractivity contribution in [2.24, 2.45) is 5.92 Å². The molecule has 0 bridgehead atoms. The van der Waals surface area contributed by atoms with Crippen molar-refractivity contribution in [2.75, 3.05) is 20.6 Å². The number of nitrogens with zero attached hydrogens (tertiary/aromatic N) is 1. The molecule has 1 saturated carbocycles. The Bertz CT molecular complexity index is 210. The van der Waals surface area contributed by atoms with E-state index in [9.17, 15) is 4.79 Å². The van der Waals surface area contributed by atoms with Crippen molar-refractivity contribution in [1.82, 2.24) is 0 Å². The van der Waals surface area contributed by atoms with E-state index in [-0.39, 0.29) is 0 Å². The molecule has 2 heteroatoms. The van der Waals surface area contributed by atoms with Crippen LogP contribution in [-0.2, 0) is 4.79 Å². The Morgan fingerprint density at radius 2 is 2.08 bits per heavy atom. The van der Waals surface area contributed by atoms with E-state index in [2.05, 4.69) is 14.1 Å². The Morgan fingerprint density at radius 1 is 1.33 bits per heavy atom. The quantitative estimate of drug-likeness (QED) is 0.497. The summed E-state index contributed by atoms with van der Waals surface area (Å²) in [4.78, 5) is 11.3. The maximum atomic E-state index is 11.3. The van der Waals surface area contributed by atoms with E-state index in [1.165, 1.54) is 13.0 Å². The summed E-state index contributed by atoms with van der Waals surface area (Å²) < 4.78 is 1.08. The van der Waals surface area contributed by atoms with E-state index >= 15 is 0 Å². The van der Waals surface area contributed by atoms with Crippen molar-refractivity contribution >= 4 is 5.78 Å². The topological polar surface area (TPSA) is 17.1 Å². The second-order valence-electron chi connectivity index (χ2n) is 4.90. The molecule has 2 rings (SSSR count). The van der Waals surface area contributed by atoms with Gasteiger partial charge in [0.2, 0.25) is 0 Å². The number of hydrogen-bond donors (Lipinski definition) is 0. The standard InChI is InChI=1S/C10H18NO/c1-11(2)6-5-8-3-4-9(12)7-10(8)11/h8,10H,3-7H2,1-2H3/q+1. The first-order chi connectivity index (χ1) is 5.59. The Morgan fingerprint density at radius 3 is 2.83 bits per heavy atom. The zero-order valence-corrected chi connectivity index (χ0v) is 8.05. The smallest absolute Gasteiger partial charge is 0.138 e. The molecule has 2 aliphatic rings. The summed E-state index contributed by atoms with van der Waals surface area (Å²) in [7, 11) is 4.53. The van der Waals surface area contributed by atoms with Gasteiger partial charge in [0.05, 0.1) is 33.1 Å². The fraction of sp³-hybridized carbons (Fsp3) is 0.900. The minimum atomic E-state index is 0.490. The van der Waals surface area contributed by atoms with Crippen LogP contribution >= 0.6 is 0 Å². The number of Topliss-reactive ketones (excluding diaryl/α,β-unsaturated/α-hetero) is 1. The number of carbonyl (C=O) groups excluding carboxylic acids is 1. The van der Waals surface area contributed by atoms with Gasteiger partial charge in [-0.25, -0.2) is 0 Å². The molecule has 0 spiro atoms. The van der Waals surface area contributed by atoms with Gasteiger partial charge < -0.3 is 4.48 Å². The van der Waals surface area contributed by atoms with E-state index in [4.69, 9.17) is 0 Å². The molecule has 0 radical (unpaired) electrons. The molecule has 0 aromatic carbocycles. The van der Waals surface area contributed by atoms with Crippen LogP contribution in [0.4, 0.5) is 0 Å². The van der Waals surface area contributed by atoms with Crippen LogP contribution in [0.1, 0.15) is 25.7 Å². The molecule has 2 unspecified atom stereocenters. The number of carbonyl (C=O) groups is 1. The first-order valence-electron chi connectivity index (χ1n) is 4.94. The molecular formula is C10H18NO+. The van der Waals surface area contributed by atoms with Crippen molar-refractivity contribution < 1.29 is 9.28 Å². The average Bonchev–Trinajstić information content (AvgIpc) is 2.28. The highest BCUT2D eigenvalue weighted by molar-refractivity contribution is 5.79. The predicted octanol–water partition coefficient (Wildman–Crippen LogP) is 1.20. The molecule has 1 aliphatic carbocycles.